The molecule has 0 N–H and O–H groups in total. The van der Waals surface area contributed by atoms with Gasteiger partial charge in [-0.25, -0.2) is 4.68 Å². The van der Waals surface area contributed by atoms with Crippen molar-refractivity contribution in [1.82, 2.24) is 14.7 Å². The van der Waals surface area contributed by atoms with E-state index in [9.17, 15) is 19.7 Å². The van der Waals surface area contributed by atoms with Gasteiger partial charge in [0.1, 0.15) is 0 Å². The van der Waals surface area contributed by atoms with Gasteiger partial charge in [-0.1, -0.05) is 25.1 Å². The molecule has 9 heteroatoms. The van der Waals surface area contributed by atoms with E-state index in [1.54, 1.807) is 41.3 Å². The number of aromatic nitrogens is 2. The summed E-state index contributed by atoms with van der Waals surface area (Å²) < 4.78 is 1.38. The first-order valence-corrected chi connectivity index (χ1v) is 10.3. The van der Waals surface area contributed by atoms with Crippen molar-refractivity contribution in [2.45, 2.75) is 19.9 Å². The highest BCUT2D eigenvalue weighted by Gasteiger charge is 2.26. The Morgan fingerprint density at radius 2 is 1.68 bits per heavy atom. The molecule has 2 heterocycles. The Morgan fingerprint density at radius 3 is 2.29 bits per heavy atom. The average molecular weight is 421 g/mol. The molecular formula is C22H23N5O4. The van der Waals surface area contributed by atoms with Gasteiger partial charge in [0.15, 0.2) is 5.69 Å². The number of carbonyl (C=O) groups excluding carboxylic acids is 1. The Kier molecular flexibility index (Phi) is 5.66. The molecule has 1 saturated heterocycles. The largest absolute Gasteiger partial charge is 0.368 e. The maximum Gasteiger partial charge on any atom is 0.275 e. The van der Waals surface area contributed by atoms with Gasteiger partial charge in [0, 0.05) is 55.9 Å². The van der Waals surface area contributed by atoms with E-state index in [2.05, 4.69) is 10.00 Å². The molecule has 3 aromatic rings. The number of piperazine rings is 1. The summed E-state index contributed by atoms with van der Waals surface area (Å²) in [6.45, 7) is 4.63. The fourth-order valence-corrected chi connectivity index (χ4v) is 3.86. The first kappa shape index (κ1) is 20.5. The lowest BCUT2D eigenvalue weighted by molar-refractivity contribution is -0.384. The van der Waals surface area contributed by atoms with Crippen molar-refractivity contribution < 1.29 is 9.72 Å². The SMILES string of the molecule is CCCn1nc(C(=O)N2CCN(c3ccc([N+](=O)[O-])cc3)CC2)c2ccccc2c1=O. The summed E-state index contributed by atoms with van der Waals surface area (Å²) in [7, 11) is 0. The monoisotopic (exact) mass is 421 g/mol. The molecule has 9 nitrogen and oxygen atoms in total. The minimum absolute atomic E-state index is 0.0534. The van der Waals surface area contributed by atoms with Crippen LogP contribution in [0, 0.1) is 10.1 Å². The van der Waals surface area contributed by atoms with Crippen LogP contribution < -0.4 is 10.5 Å². The average Bonchev–Trinajstić information content (AvgIpc) is 2.81. The van der Waals surface area contributed by atoms with Crippen LogP contribution in [0.4, 0.5) is 11.4 Å². The van der Waals surface area contributed by atoms with Gasteiger partial charge < -0.3 is 9.80 Å². The molecule has 1 amide bonds. The minimum atomic E-state index is -0.421. The summed E-state index contributed by atoms with van der Waals surface area (Å²) in [6.07, 6.45) is 0.743. The second-order valence-corrected chi connectivity index (χ2v) is 7.48. The van der Waals surface area contributed by atoms with E-state index < -0.39 is 4.92 Å². The van der Waals surface area contributed by atoms with Crippen LogP contribution in [0.25, 0.3) is 10.8 Å². The Labute approximate surface area is 178 Å². The molecule has 1 fully saturated rings. The highest BCUT2D eigenvalue weighted by atomic mass is 16.6. The minimum Gasteiger partial charge on any atom is -0.368 e. The number of rotatable bonds is 5. The van der Waals surface area contributed by atoms with Crippen LogP contribution in [-0.4, -0.2) is 51.7 Å². The molecule has 31 heavy (non-hydrogen) atoms. The number of nitro benzene ring substituents is 1. The fourth-order valence-electron chi connectivity index (χ4n) is 3.86. The number of nitrogens with zero attached hydrogens (tertiary/aromatic N) is 5. The van der Waals surface area contributed by atoms with Crippen LogP contribution >= 0.6 is 0 Å². The van der Waals surface area contributed by atoms with Crippen LogP contribution in [0.1, 0.15) is 23.8 Å². The molecule has 4 rings (SSSR count). The number of amides is 1. The van der Waals surface area contributed by atoms with Crippen LogP contribution in [0.3, 0.4) is 0 Å². The molecule has 2 aromatic carbocycles. The predicted octanol–water partition coefficient (Wildman–Crippen LogP) is 2.68. The smallest absolute Gasteiger partial charge is 0.275 e. The van der Waals surface area contributed by atoms with E-state index >= 15 is 0 Å². The number of nitro groups is 1. The summed E-state index contributed by atoms with van der Waals surface area (Å²) in [4.78, 5) is 40.2. The molecule has 1 aliphatic rings. The molecule has 0 radical (unpaired) electrons. The van der Waals surface area contributed by atoms with Crippen molar-refractivity contribution >= 4 is 28.1 Å². The third kappa shape index (κ3) is 3.98. The molecule has 0 aliphatic carbocycles. The van der Waals surface area contributed by atoms with Crippen molar-refractivity contribution in [3.8, 4) is 0 Å². The topological polar surface area (TPSA) is 102 Å². The lowest BCUT2D eigenvalue weighted by Crippen LogP contribution is -2.49. The fraction of sp³-hybridized carbons (Fsp3) is 0.318. The Balaban J connectivity index is 1.55. The summed E-state index contributed by atoms with van der Waals surface area (Å²) in [5.41, 5.74) is 1.06. The van der Waals surface area contributed by atoms with Crippen molar-refractivity contribution in [3.05, 3.63) is 74.7 Å². The molecule has 0 unspecified atom stereocenters. The van der Waals surface area contributed by atoms with Gasteiger partial charge in [-0.15, -0.1) is 0 Å². The highest BCUT2D eigenvalue weighted by molar-refractivity contribution is 6.04. The van der Waals surface area contributed by atoms with Crippen LogP contribution in [-0.2, 0) is 6.54 Å². The number of carbonyl (C=O) groups is 1. The van der Waals surface area contributed by atoms with Crippen molar-refractivity contribution in [2.24, 2.45) is 0 Å². The van der Waals surface area contributed by atoms with Gasteiger partial charge in [-0.2, -0.15) is 5.10 Å². The second-order valence-electron chi connectivity index (χ2n) is 7.48. The maximum atomic E-state index is 13.3. The van der Waals surface area contributed by atoms with E-state index in [4.69, 9.17) is 0 Å². The number of fused-ring (bicyclic) bond motifs is 1. The molecule has 0 atom stereocenters. The van der Waals surface area contributed by atoms with Gasteiger partial charge in [-0.3, -0.25) is 19.7 Å². The van der Waals surface area contributed by atoms with E-state index in [-0.39, 0.29) is 17.2 Å². The van der Waals surface area contributed by atoms with Gasteiger partial charge in [-0.05, 0) is 24.6 Å². The van der Waals surface area contributed by atoms with Crippen molar-refractivity contribution in [1.29, 1.82) is 0 Å². The first-order chi connectivity index (χ1) is 15.0. The second kappa shape index (κ2) is 8.55. The molecule has 0 bridgehead atoms. The normalized spacial score (nSPS) is 14.1. The number of anilines is 1. The van der Waals surface area contributed by atoms with Gasteiger partial charge in [0.2, 0.25) is 0 Å². The summed E-state index contributed by atoms with van der Waals surface area (Å²) in [5, 5.41) is 16.3. The van der Waals surface area contributed by atoms with Gasteiger partial charge >= 0.3 is 0 Å². The molecule has 0 spiro atoms. The van der Waals surface area contributed by atoms with E-state index in [1.807, 2.05) is 6.92 Å². The third-order valence-corrected chi connectivity index (χ3v) is 5.50. The zero-order valence-corrected chi connectivity index (χ0v) is 17.2. The molecular weight excluding hydrogens is 398 g/mol. The van der Waals surface area contributed by atoms with E-state index in [1.165, 1.54) is 16.8 Å². The number of aryl methyl sites for hydroxylation is 1. The quantitative estimate of drug-likeness (QED) is 0.464. The molecule has 1 aliphatic heterocycles. The van der Waals surface area contributed by atoms with Crippen molar-refractivity contribution in [2.75, 3.05) is 31.1 Å². The van der Waals surface area contributed by atoms with E-state index in [0.29, 0.717) is 49.2 Å². The number of hydrogen-bond donors (Lipinski definition) is 0. The van der Waals surface area contributed by atoms with Gasteiger partial charge in [0.25, 0.3) is 17.2 Å². The molecule has 1 aromatic heterocycles. The lowest BCUT2D eigenvalue weighted by atomic mass is 10.1. The zero-order valence-electron chi connectivity index (χ0n) is 17.2. The van der Waals surface area contributed by atoms with Crippen molar-refractivity contribution in [3.63, 3.8) is 0 Å². The summed E-state index contributed by atoms with van der Waals surface area (Å²) in [6, 6.07) is 13.5. The highest BCUT2D eigenvalue weighted by Crippen LogP contribution is 2.22. The third-order valence-electron chi connectivity index (χ3n) is 5.50. The van der Waals surface area contributed by atoms with Crippen LogP contribution in [0.2, 0.25) is 0 Å². The number of non-ortho nitro benzene ring substituents is 1. The molecule has 160 valence electrons. The lowest BCUT2D eigenvalue weighted by Gasteiger charge is -2.36. The Hall–Kier alpha value is -3.75. The zero-order chi connectivity index (χ0) is 22.0. The standard InChI is InChI=1S/C22H23N5O4/c1-2-11-26-21(28)19-6-4-3-5-18(19)20(23-26)22(29)25-14-12-24(13-15-25)16-7-9-17(10-8-16)27(30)31/h3-10H,2,11-15H2,1H3. The van der Waals surface area contributed by atoms with E-state index in [0.717, 1.165) is 12.1 Å². The maximum absolute atomic E-state index is 13.3. The van der Waals surface area contributed by atoms with Crippen LogP contribution in [0.5, 0.6) is 0 Å². The molecule has 0 saturated carbocycles. The number of hydrogen-bond acceptors (Lipinski definition) is 6. The number of benzene rings is 2. The first-order valence-electron chi connectivity index (χ1n) is 10.3. The summed E-state index contributed by atoms with van der Waals surface area (Å²) in [5.74, 6) is -0.190. The van der Waals surface area contributed by atoms with Crippen LogP contribution in [0.15, 0.2) is 53.3 Å². The predicted molar refractivity (Wildman–Crippen MR) is 118 cm³/mol. The van der Waals surface area contributed by atoms with Gasteiger partial charge in [0.05, 0.1) is 10.3 Å². The summed E-state index contributed by atoms with van der Waals surface area (Å²) >= 11 is 0. The Morgan fingerprint density at radius 1 is 1.03 bits per heavy atom. The Bertz CT molecular complexity index is 1180.